The van der Waals surface area contributed by atoms with Gasteiger partial charge in [-0.25, -0.2) is 9.38 Å². The molecule has 150 valence electrons. The summed E-state index contributed by atoms with van der Waals surface area (Å²) >= 11 is 7.77. The van der Waals surface area contributed by atoms with E-state index in [0.29, 0.717) is 39.2 Å². The van der Waals surface area contributed by atoms with Gasteiger partial charge >= 0.3 is 0 Å². The maximum Gasteiger partial charge on any atom is 0.274 e. The summed E-state index contributed by atoms with van der Waals surface area (Å²) in [6.45, 7) is 8.86. The van der Waals surface area contributed by atoms with Crippen LogP contribution in [0.4, 0.5) is 0 Å². The van der Waals surface area contributed by atoms with Crippen molar-refractivity contribution in [1.82, 2.24) is 9.38 Å². The van der Waals surface area contributed by atoms with E-state index in [-0.39, 0.29) is 5.56 Å². The molecule has 0 unspecified atom stereocenters. The van der Waals surface area contributed by atoms with Gasteiger partial charge in [-0.05, 0) is 74.7 Å². The summed E-state index contributed by atoms with van der Waals surface area (Å²) < 4.78 is 13.6. The lowest BCUT2D eigenvalue weighted by Gasteiger charge is -2.13. The number of hydrogen-bond donors (Lipinski definition) is 0. The number of aromatic nitrogens is 2. The Labute approximate surface area is 177 Å². The van der Waals surface area contributed by atoms with E-state index in [1.807, 2.05) is 52.0 Å². The lowest BCUT2D eigenvalue weighted by atomic mass is 10.1. The van der Waals surface area contributed by atoms with Crippen LogP contribution >= 0.6 is 22.9 Å². The molecule has 0 spiro atoms. The molecule has 0 fully saturated rings. The molecule has 2 aromatic heterocycles. The Balaban J connectivity index is 1.89. The Bertz CT molecular complexity index is 1340. The molecule has 2 heterocycles. The Morgan fingerprint density at radius 2 is 1.83 bits per heavy atom. The Kier molecular flexibility index (Phi) is 5.23. The number of imidazole rings is 1. The molecule has 0 aliphatic carbocycles. The molecule has 0 N–H and O–H groups in total. The highest BCUT2D eigenvalue weighted by molar-refractivity contribution is 7.15. The van der Waals surface area contributed by atoms with Gasteiger partial charge in [0.25, 0.3) is 5.56 Å². The molecule has 29 heavy (non-hydrogen) atoms. The van der Waals surface area contributed by atoms with Crippen LogP contribution in [0.3, 0.4) is 0 Å². The van der Waals surface area contributed by atoms with Crippen LogP contribution in [0.1, 0.15) is 30.5 Å². The maximum absolute atomic E-state index is 13.1. The van der Waals surface area contributed by atoms with Crippen molar-refractivity contribution in [2.24, 2.45) is 0 Å². The molecule has 0 saturated heterocycles. The number of nitrogens with zero attached hydrogens (tertiary/aromatic N) is 2. The lowest BCUT2D eigenvalue weighted by molar-refractivity contribution is 0.288. The van der Waals surface area contributed by atoms with Gasteiger partial charge in [-0.2, -0.15) is 0 Å². The van der Waals surface area contributed by atoms with Gasteiger partial charge in [-0.1, -0.05) is 22.9 Å². The third-order valence-electron chi connectivity index (χ3n) is 4.77. The SMILES string of the molecule is CCOc1cc(/C=c2\sc3nc4cc(C)c(C)cc4n3c2=O)cc(Cl)c1OCC. The summed E-state index contributed by atoms with van der Waals surface area (Å²) in [5.41, 5.74) is 4.66. The first-order chi connectivity index (χ1) is 13.9. The van der Waals surface area contributed by atoms with Crippen molar-refractivity contribution >= 4 is 45.0 Å². The molecule has 0 aliphatic rings. The van der Waals surface area contributed by atoms with Crippen LogP contribution in [-0.4, -0.2) is 22.6 Å². The minimum atomic E-state index is -0.0845. The zero-order valence-electron chi connectivity index (χ0n) is 16.7. The average Bonchev–Trinajstić information content (AvgIpc) is 3.15. The van der Waals surface area contributed by atoms with E-state index in [1.165, 1.54) is 11.3 Å². The van der Waals surface area contributed by atoms with Gasteiger partial charge in [-0.3, -0.25) is 4.79 Å². The fourth-order valence-corrected chi connectivity index (χ4v) is 4.55. The Hall–Kier alpha value is -2.57. The molecule has 2 aromatic carbocycles. The second kappa shape index (κ2) is 7.69. The molecule has 0 saturated carbocycles. The summed E-state index contributed by atoms with van der Waals surface area (Å²) in [7, 11) is 0. The molecule has 0 aliphatic heterocycles. The van der Waals surface area contributed by atoms with Crippen molar-refractivity contribution in [1.29, 1.82) is 0 Å². The molecular formula is C22H21ClN2O3S. The minimum absolute atomic E-state index is 0.0845. The normalized spacial score (nSPS) is 12.2. The van der Waals surface area contributed by atoms with Crippen molar-refractivity contribution in [2.75, 3.05) is 13.2 Å². The third kappa shape index (κ3) is 3.47. The van der Waals surface area contributed by atoms with Gasteiger partial charge < -0.3 is 9.47 Å². The largest absolute Gasteiger partial charge is 0.490 e. The number of fused-ring (bicyclic) bond motifs is 3. The number of thiazole rings is 1. The fraction of sp³-hybridized carbons (Fsp3) is 0.273. The first-order valence-corrected chi connectivity index (χ1v) is 10.7. The summed E-state index contributed by atoms with van der Waals surface area (Å²) in [6.07, 6.45) is 1.82. The zero-order valence-corrected chi connectivity index (χ0v) is 18.3. The number of hydrogen-bond acceptors (Lipinski definition) is 5. The van der Waals surface area contributed by atoms with E-state index in [0.717, 1.165) is 27.7 Å². The highest BCUT2D eigenvalue weighted by atomic mass is 35.5. The first-order valence-electron chi connectivity index (χ1n) is 9.46. The summed E-state index contributed by atoms with van der Waals surface area (Å²) in [6, 6.07) is 7.66. The van der Waals surface area contributed by atoms with Crippen LogP contribution in [0.25, 0.3) is 22.1 Å². The van der Waals surface area contributed by atoms with E-state index in [1.54, 1.807) is 10.5 Å². The molecule has 5 nitrogen and oxygen atoms in total. The molecular weight excluding hydrogens is 408 g/mol. The van der Waals surface area contributed by atoms with Crippen molar-refractivity contribution < 1.29 is 9.47 Å². The number of benzene rings is 2. The predicted octanol–water partition coefficient (Wildman–Crippen LogP) is 4.52. The molecule has 0 atom stereocenters. The van der Waals surface area contributed by atoms with Gasteiger partial charge in [0.05, 0.1) is 33.8 Å². The van der Waals surface area contributed by atoms with Crippen LogP contribution in [0, 0.1) is 13.8 Å². The molecule has 0 bridgehead atoms. The van der Waals surface area contributed by atoms with Gasteiger partial charge in [0.15, 0.2) is 16.5 Å². The number of rotatable bonds is 5. The first kappa shape index (κ1) is 19.7. The summed E-state index contributed by atoms with van der Waals surface area (Å²) in [5, 5.41) is 0.453. The summed E-state index contributed by atoms with van der Waals surface area (Å²) in [5.74, 6) is 1.09. The van der Waals surface area contributed by atoms with Crippen molar-refractivity contribution in [2.45, 2.75) is 27.7 Å². The van der Waals surface area contributed by atoms with E-state index >= 15 is 0 Å². The lowest BCUT2D eigenvalue weighted by Crippen LogP contribution is -2.22. The smallest absolute Gasteiger partial charge is 0.274 e. The summed E-state index contributed by atoms with van der Waals surface area (Å²) in [4.78, 5) is 18.4. The van der Waals surface area contributed by atoms with Crippen LogP contribution in [0.2, 0.25) is 5.02 Å². The average molecular weight is 429 g/mol. The van der Waals surface area contributed by atoms with E-state index in [2.05, 4.69) is 4.98 Å². The van der Waals surface area contributed by atoms with Gasteiger partial charge in [0.2, 0.25) is 0 Å². The topological polar surface area (TPSA) is 52.8 Å². The van der Waals surface area contributed by atoms with E-state index in [4.69, 9.17) is 21.1 Å². The van der Waals surface area contributed by atoms with Gasteiger partial charge in [0.1, 0.15) is 0 Å². The van der Waals surface area contributed by atoms with Gasteiger partial charge in [0, 0.05) is 0 Å². The van der Waals surface area contributed by atoms with Crippen LogP contribution in [-0.2, 0) is 0 Å². The van der Waals surface area contributed by atoms with Crippen molar-refractivity contribution in [3.8, 4) is 11.5 Å². The second-order valence-electron chi connectivity index (χ2n) is 6.77. The number of aryl methyl sites for hydroxylation is 2. The highest BCUT2D eigenvalue weighted by Crippen LogP contribution is 2.37. The second-order valence-corrected chi connectivity index (χ2v) is 8.18. The van der Waals surface area contributed by atoms with Crippen LogP contribution in [0.15, 0.2) is 29.1 Å². The maximum atomic E-state index is 13.1. The van der Waals surface area contributed by atoms with Crippen molar-refractivity contribution in [3.05, 3.63) is 60.9 Å². The van der Waals surface area contributed by atoms with Crippen LogP contribution < -0.4 is 19.6 Å². The monoisotopic (exact) mass is 428 g/mol. The quantitative estimate of drug-likeness (QED) is 0.468. The Morgan fingerprint density at radius 1 is 1.10 bits per heavy atom. The number of ether oxygens (including phenoxy) is 2. The number of halogens is 1. The highest BCUT2D eigenvalue weighted by Gasteiger charge is 2.14. The van der Waals surface area contributed by atoms with E-state index in [9.17, 15) is 4.79 Å². The molecule has 7 heteroatoms. The molecule has 0 radical (unpaired) electrons. The molecule has 4 rings (SSSR count). The van der Waals surface area contributed by atoms with Gasteiger partial charge in [-0.15, -0.1) is 0 Å². The molecule has 4 aromatic rings. The minimum Gasteiger partial charge on any atom is -0.490 e. The third-order valence-corrected chi connectivity index (χ3v) is 6.02. The molecule has 0 amide bonds. The Morgan fingerprint density at radius 3 is 2.55 bits per heavy atom. The standard InChI is InChI=1S/C22H21ClN2O3S/c1-5-27-18-10-14(9-15(23)20(18)28-6-2)11-19-21(26)25-17-8-13(4)12(3)7-16(17)24-22(25)29-19/h7-11H,5-6H2,1-4H3/b19-11-. The van der Waals surface area contributed by atoms with E-state index < -0.39 is 0 Å². The van der Waals surface area contributed by atoms with Crippen molar-refractivity contribution in [3.63, 3.8) is 0 Å². The zero-order chi connectivity index (χ0) is 20.7. The van der Waals surface area contributed by atoms with Crippen LogP contribution in [0.5, 0.6) is 11.5 Å². The predicted molar refractivity (Wildman–Crippen MR) is 119 cm³/mol. The fourth-order valence-electron chi connectivity index (χ4n) is 3.29.